The van der Waals surface area contributed by atoms with E-state index < -0.39 is 12.2 Å². The van der Waals surface area contributed by atoms with Gasteiger partial charge in [-0.15, -0.1) is 4.99 Å². The van der Waals surface area contributed by atoms with Crippen LogP contribution in [-0.2, 0) is 32.2 Å². The molecule has 0 atom stereocenters. The van der Waals surface area contributed by atoms with E-state index in [9.17, 15) is 9.59 Å². The lowest BCUT2D eigenvalue weighted by Gasteiger charge is -2.12. The monoisotopic (exact) mass is 429 g/mol. The second kappa shape index (κ2) is 14.5. The Morgan fingerprint density at radius 3 is 2.06 bits per heavy atom. The van der Waals surface area contributed by atoms with Crippen molar-refractivity contribution >= 4 is 18.1 Å². The molecular weight excluding hydrogens is 402 g/mol. The minimum atomic E-state index is -0.852. The Morgan fingerprint density at radius 1 is 0.839 bits per heavy atom. The highest BCUT2D eigenvalue weighted by Gasteiger charge is 2.11. The molecule has 9 heteroatoms. The topological polar surface area (TPSA) is 107 Å². The van der Waals surface area contributed by atoms with Gasteiger partial charge in [0.25, 0.3) is 0 Å². The second-order valence-corrected chi connectivity index (χ2v) is 6.22. The first-order chi connectivity index (χ1) is 15.2. The predicted octanol–water partition coefficient (Wildman–Crippen LogP) is 2.86. The molecule has 2 N–H and O–H groups in total. The fourth-order valence-electron chi connectivity index (χ4n) is 2.30. The van der Waals surface area contributed by atoms with Crippen LogP contribution in [-0.4, -0.2) is 51.6 Å². The van der Waals surface area contributed by atoms with Crippen LogP contribution in [0.1, 0.15) is 11.1 Å². The maximum absolute atomic E-state index is 12.1. The van der Waals surface area contributed by atoms with Crippen LogP contribution in [0, 0.1) is 0 Å². The lowest BCUT2D eigenvalue weighted by molar-refractivity contribution is 0.0733. The van der Waals surface area contributed by atoms with Gasteiger partial charge in [-0.05, 0) is 11.1 Å². The van der Waals surface area contributed by atoms with Crippen LogP contribution < -0.4 is 10.6 Å². The number of guanidine groups is 1. The normalized spacial score (nSPS) is 10.9. The molecule has 0 aliphatic carbocycles. The molecule has 2 amide bonds. The van der Waals surface area contributed by atoms with E-state index >= 15 is 0 Å². The molecule has 9 nitrogen and oxygen atoms in total. The van der Waals surface area contributed by atoms with E-state index in [4.69, 9.17) is 18.9 Å². The molecule has 2 aromatic carbocycles. The number of benzene rings is 2. The third-order valence-electron chi connectivity index (χ3n) is 3.81. The van der Waals surface area contributed by atoms with Crippen molar-refractivity contribution in [3.05, 3.63) is 71.8 Å². The number of hydrogen-bond acceptors (Lipinski definition) is 6. The SMILES string of the molecule is COCCOCCN/C(=N/C(=O)OCc1ccccc1)NC(=O)OCc1ccccc1. The Balaban J connectivity index is 1.86. The summed E-state index contributed by atoms with van der Waals surface area (Å²) in [5.41, 5.74) is 1.65. The Bertz CT molecular complexity index is 815. The molecule has 2 aromatic rings. The van der Waals surface area contributed by atoms with Crippen molar-refractivity contribution in [3.63, 3.8) is 0 Å². The molecule has 0 aliphatic rings. The first-order valence-electron chi connectivity index (χ1n) is 9.75. The fourth-order valence-corrected chi connectivity index (χ4v) is 2.30. The molecule has 0 bridgehead atoms. The number of amides is 2. The van der Waals surface area contributed by atoms with Crippen molar-refractivity contribution in [1.82, 2.24) is 10.6 Å². The van der Waals surface area contributed by atoms with Gasteiger partial charge in [-0.25, -0.2) is 9.59 Å². The number of methoxy groups -OCH3 is 1. The Labute approximate surface area is 181 Å². The molecule has 0 aliphatic heterocycles. The maximum Gasteiger partial charge on any atom is 0.437 e. The third-order valence-corrected chi connectivity index (χ3v) is 3.81. The van der Waals surface area contributed by atoms with Gasteiger partial charge < -0.3 is 24.3 Å². The summed E-state index contributed by atoms with van der Waals surface area (Å²) < 4.78 is 20.5. The average Bonchev–Trinajstić information content (AvgIpc) is 2.80. The second-order valence-electron chi connectivity index (χ2n) is 6.22. The molecule has 0 heterocycles. The van der Waals surface area contributed by atoms with Crippen LogP contribution in [0.15, 0.2) is 65.7 Å². The molecule has 0 saturated carbocycles. The molecule has 31 heavy (non-hydrogen) atoms. The summed E-state index contributed by atoms with van der Waals surface area (Å²) in [6.07, 6.45) is -1.61. The zero-order chi connectivity index (χ0) is 22.2. The first kappa shape index (κ1) is 23.8. The van der Waals surface area contributed by atoms with Crippen LogP contribution in [0.2, 0.25) is 0 Å². The number of nitrogens with zero attached hydrogens (tertiary/aromatic N) is 1. The Kier molecular flexibility index (Phi) is 11.2. The molecular formula is C22H27N3O6. The summed E-state index contributed by atoms with van der Waals surface area (Å²) in [5.74, 6) is -0.0912. The molecule has 0 saturated heterocycles. The zero-order valence-corrected chi connectivity index (χ0v) is 17.4. The Hall–Kier alpha value is -3.43. The van der Waals surface area contributed by atoms with E-state index in [2.05, 4.69) is 15.6 Å². The number of nitrogens with one attached hydrogen (secondary N) is 2. The van der Waals surface area contributed by atoms with Crippen LogP contribution in [0.4, 0.5) is 9.59 Å². The van der Waals surface area contributed by atoms with Crippen molar-refractivity contribution in [2.45, 2.75) is 13.2 Å². The molecule has 166 valence electrons. The van der Waals surface area contributed by atoms with Gasteiger partial charge in [0, 0.05) is 13.7 Å². The quantitative estimate of drug-likeness (QED) is 0.340. The number of alkyl carbamates (subject to hydrolysis) is 1. The summed E-state index contributed by atoms with van der Waals surface area (Å²) in [4.78, 5) is 28.0. The number of hydrogen-bond donors (Lipinski definition) is 2. The minimum absolute atomic E-state index is 0.0645. The van der Waals surface area contributed by atoms with E-state index in [1.165, 1.54) is 0 Å². The van der Waals surface area contributed by atoms with Crippen LogP contribution in [0.3, 0.4) is 0 Å². The Morgan fingerprint density at radius 2 is 1.45 bits per heavy atom. The molecule has 0 aromatic heterocycles. The highest BCUT2D eigenvalue weighted by Crippen LogP contribution is 2.02. The van der Waals surface area contributed by atoms with Gasteiger partial charge >= 0.3 is 12.2 Å². The van der Waals surface area contributed by atoms with Crippen molar-refractivity contribution in [2.75, 3.05) is 33.5 Å². The van der Waals surface area contributed by atoms with Gasteiger partial charge in [0.1, 0.15) is 13.2 Å². The van der Waals surface area contributed by atoms with Crippen LogP contribution in [0.25, 0.3) is 0 Å². The zero-order valence-electron chi connectivity index (χ0n) is 17.4. The highest BCUT2D eigenvalue weighted by molar-refractivity contribution is 5.98. The minimum Gasteiger partial charge on any atom is -0.444 e. The average molecular weight is 429 g/mol. The lowest BCUT2D eigenvalue weighted by atomic mass is 10.2. The van der Waals surface area contributed by atoms with Gasteiger partial charge in [-0.1, -0.05) is 60.7 Å². The number of ether oxygens (including phenoxy) is 4. The van der Waals surface area contributed by atoms with E-state index in [1.807, 2.05) is 60.7 Å². The molecule has 0 unspecified atom stereocenters. The van der Waals surface area contributed by atoms with E-state index in [0.29, 0.717) is 26.4 Å². The van der Waals surface area contributed by atoms with Gasteiger partial charge in [-0.2, -0.15) is 0 Å². The first-order valence-corrected chi connectivity index (χ1v) is 9.75. The van der Waals surface area contributed by atoms with Gasteiger partial charge in [-0.3, -0.25) is 5.32 Å². The number of carbonyl (C=O) groups excluding carboxylic acids is 2. The van der Waals surface area contributed by atoms with E-state index in [-0.39, 0.29) is 19.2 Å². The summed E-state index contributed by atoms with van der Waals surface area (Å²) in [5, 5.41) is 5.24. The largest absolute Gasteiger partial charge is 0.444 e. The van der Waals surface area contributed by atoms with E-state index in [0.717, 1.165) is 11.1 Å². The summed E-state index contributed by atoms with van der Waals surface area (Å²) in [6.45, 7) is 1.66. The highest BCUT2D eigenvalue weighted by atomic mass is 16.6. The maximum atomic E-state index is 12.1. The smallest absolute Gasteiger partial charge is 0.437 e. The number of rotatable bonds is 10. The van der Waals surface area contributed by atoms with E-state index in [1.54, 1.807) is 7.11 Å². The van der Waals surface area contributed by atoms with Crippen LogP contribution >= 0.6 is 0 Å². The van der Waals surface area contributed by atoms with Gasteiger partial charge in [0.15, 0.2) is 0 Å². The van der Waals surface area contributed by atoms with Crippen molar-refractivity contribution in [2.24, 2.45) is 4.99 Å². The molecule has 2 rings (SSSR count). The van der Waals surface area contributed by atoms with Crippen molar-refractivity contribution in [3.8, 4) is 0 Å². The predicted molar refractivity (Wildman–Crippen MR) is 115 cm³/mol. The standard InChI is InChI=1S/C22H27N3O6/c1-28-14-15-29-13-12-23-20(24-21(26)30-16-18-8-4-2-5-9-18)25-22(27)31-17-19-10-6-3-7-11-19/h2-11H,12-17H2,1H3,(H2,23,24,25,26,27). The summed E-state index contributed by atoms with van der Waals surface area (Å²) >= 11 is 0. The summed E-state index contributed by atoms with van der Waals surface area (Å²) in [6, 6.07) is 18.4. The fraction of sp³-hybridized carbons (Fsp3) is 0.318. The molecule has 0 radical (unpaired) electrons. The van der Waals surface area contributed by atoms with Gasteiger partial charge in [0.05, 0.1) is 19.8 Å². The van der Waals surface area contributed by atoms with Crippen molar-refractivity contribution < 1.29 is 28.5 Å². The molecule has 0 fully saturated rings. The summed E-state index contributed by atoms with van der Waals surface area (Å²) in [7, 11) is 1.58. The van der Waals surface area contributed by atoms with Gasteiger partial charge in [0.2, 0.25) is 5.96 Å². The van der Waals surface area contributed by atoms with Crippen LogP contribution in [0.5, 0.6) is 0 Å². The third kappa shape index (κ3) is 10.8. The molecule has 0 spiro atoms. The number of carbonyl (C=O) groups is 2. The lowest BCUT2D eigenvalue weighted by Crippen LogP contribution is -2.43. The number of aliphatic imine (C=N–C) groups is 1. The van der Waals surface area contributed by atoms with Crippen molar-refractivity contribution in [1.29, 1.82) is 0 Å².